The molecule has 0 aliphatic heterocycles. The SMILES string of the molecule is C[C@@H](NC(=O)c1ccc(N)cc1)C1CCCCC1. The first-order valence-corrected chi connectivity index (χ1v) is 6.83. The molecule has 0 radical (unpaired) electrons. The topological polar surface area (TPSA) is 55.1 Å². The monoisotopic (exact) mass is 246 g/mol. The zero-order valence-electron chi connectivity index (χ0n) is 11.0. The predicted molar refractivity (Wildman–Crippen MR) is 74.4 cm³/mol. The second-order valence-electron chi connectivity index (χ2n) is 5.28. The highest BCUT2D eigenvalue weighted by atomic mass is 16.1. The van der Waals surface area contributed by atoms with E-state index in [0.29, 0.717) is 17.2 Å². The molecule has 3 heteroatoms. The van der Waals surface area contributed by atoms with Crippen molar-refractivity contribution in [3.63, 3.8) is 0 Å². The molecule has 3 N–H and O–H groups in total. The van der Waals surface area contributed by atoms with Crippen LogP contribution < -0.4 is 11.1 Å². The van der Waals surface area contributed by atoms with Gasteiger partial charge in [-0.2, -0.15) is 0 Å². The van der Waals surface area contributed by atoms with E-state index in [2.05, 4.69) is 12.2 Å². The van der Waals surface area contributed by atoms with Crippen molar-refractivity contribution in [3.8, 4) is 0 Å². The van der Waals surface area contributed by atoms with Gasteiger partial charge in [-0.05, 0) is 49.9 Å². The summed E-state index contributed by atoms with van der Waals surface area (Å²) in [5.41, 5.74) is 6.99. The van der Waals surface area contributed by atoms with Crippen molar-refractivity contribution in [2.45, 2.75) is 45.1 Å². The normalized spacial score (nSPS) is 18.3. The van der Waals surface area contributed by atoms with E-state index in [-0.39, 0.29) is 11.9 Å². The standard InChI is InChI=1S/C15H22N2O/c1-11(12-5-3-2-4-6-12)17-15(18)13-7-9-14(16)10-8-13/h7-12H,2-6,16H2,1H3,(H,17,18)/t11-/m1/s1. The Hall–Kier alpha value is -1.51. The van der Waals surface area contributed by atoms with Gasteiger partial charge in [-0.15, -0.1) is 0 Å². The molecule has 18 heavy (non-hydrogen) atoms. The van der Waals surface area contributed by atoms with Crippen molar-refractivity contribution in [1.29, 1.82) is 0 Å². The van der Waals surface area contributed by atoms with Crippen molar-refractivity contribution in [1.82, 2.24) is 5.32 Å². The fourth-order valence-electron chi connectivity index (χ4n) is 2.68. The minimum atomic E-state index is 0.00748. The summed E-state index contributed by atoms with van der Waals surface area (Å²) in [4.78, 5) is 12.1. The maximum atomic E-state index is 12.1. The molecule has 1 aliphatic rings. The van der Waals surface area contributed by atoms with E-state index in [0.717, 1.165) is 0 Å². The van der Waals surface area contributed by atoms with Crippen LogP contribution in [0.1, 0.15) is 49.4 Å². The first kappa shape index (κ1) is 12.9. The number of hydrogen-bond acceptors (Lipinski definition) is 2. The first-order valence-electron chi connectivity index (χ1n) is 6.83. The summed E-state index contributed by atoms with van der Waals surface area (Å²) in [7, 11) is 0. The Kier molecular flexibility index (Phi) is 4.24. The Morgan fingerprint density at radius 2 is 1.83 bits per heavy atom. The molecule has 1 amide bonds. The number of carbonyl (C=O) groups excluding carboxylic acids is 1. The van der Waals surface area contributed by atoms with Crippen molar-refractivity contribution in [2.75, 3.05) is 5.73 Å². The summed E-state index contributed by atoms with van der Waals surface area (Å²) in [5, 5.41) is 3.11. The van der Waals surface area contributed by atoms with Gasteiger partial charge >= 0.3 is 0 Å². The van der Waals surface area contributed by atoms with Crippen LogP contribution in [-0.2, 0) is 0 Å². The van der Waals surface area contributed by atoms with Crippen LogP contribution in [0.2, 0.25) is 0 Å². The van der Waals surface area contributed by atoms with Crippen LogP contribution in [0.15, 0.2) is 24.3 Å². The zero-order chi connectivity index (χ0) is 13.0. The molecule has 0 heterocycles. The van der Waals surface area contributed by atoms with E-state index in [1.165, 1.54) is 32.1 Å². The molecule has 1 aromatic carbocycles. The number of anilines is 1. The summed E-state index contributed by atoms with van der Waals surface area (Å²) < 4.78 is 0. The molecule has 1 aliphatic carbocycles. The lowest BCUT2D eigenvalue weighted by Crippen LogP contribution is -2.38. The lowest BCUT2D eigenvalue weighted by Gasteiger charge is -2.28. The van der Waals surface area contributed by atoms with Gasteiger partial charge in [0.15, 0.2) is 0 Å². The summed E-state index contributed by atoms with van der Waals surface area (Å²) >= 11 is 0. The van der Waals surface area contributed by atoms with Gasteiger partial charge < -0.3 is 11.1 Å². The summed E-state index contributed by atoms with van der Waals surface area (Å²) in [6, 6.07) is 7.34. The van der Waals surface area contributed by atoms with Gasteiger partial charge in [-0.1, -0.05) is 19.3 Å². The van der Waals surface area contributed by atoms with Gasteiger partial charge in [-0.3, -0.25) is 4.79 Å². The lowest BCUT2D eigenvalue weighted by atomic mass is 9.84. The molecule has 0 saturated heterocycles. The van der Waals surface area contributed by atoms with Crippen molar-refractivity contribution < 1.29 is 4.79 Å². The van der Waals surface area contributed by atoms with E-state index >= 15 is 0 Å². The molecule has 1 aromatic rings. The van der Waals surface area contributed by atoms with Crippen LogP contribution >= 0.6 is 0 Å². The molecular formula is C15H22N2O. The third-order valence-corrected chi connectivity index (χ3v) is 3.89. The Labute approximate surface area is 109 Å². The highest BCUT2D eigenvalue weighted by Crippen LogP contribution is 2.26. The van der Waals surface area contributed by atoms with Crippen LogP contribution in [0.25, 0.3) is 0 Å². The third-order valence-electron chi connectivity index (χ3n) is 3.89. The van der Waals surface area contributed by atoms with Gasteiger partial charge in [-0.25, -0.2) is 0 Å². The van der Waals surface area contributed by atoms with Gasteiger partial charge in [0.2, 0.25) is 0 Å². The smallest absolute Gasteiger partial charge is 0.251 e. The number of nitrogen functional groups attached to an aromatic ring is 1. The summed E-state index contributed by atoms with van der Waals surface area (Å²) in [6.07, 6.45) is 6.42. The first-order chi connectivity index (χ1) is 8.66. The number of benzene rings is 1. The Bertz CT molecular complexity index is 393. The second-order valence-corrected chi connectivity index (χ2v) is 5.28. The maximum Gasteiger partial charge on any atom is 0.251 e. The molecule has 0 unspecified atom stereocenters. The largest absolute Gasteiger partial charge is 0.399 e. The molecule has 1 saturated carbocycles. The molecule has 0 bridgehead atoms. The zero-order valence-corrected chi connectivity index (χ0v) is 11.0. The molecule has 98 valence electrons. The van der Waals surface area contributed by atoms with Crippen LogP contribution in [0.3, 0.4) is 0 Å². The summed E-state index contributed by atoms with van der Waals surface area (Å²) in [5.74, 6) is 0.643. The molecular weight excluding hydrogens is 224 g/mol. The van der Waals surface area contributed by atoms with Gasteiger partial charge in [0.1, 0.15) is 0 Å². The maximum absolute atomic E-state index is 12.1. The third kappa shape index (κ3) is 3.25. The number of rotatable bonds is 3. The highest BCUT2D eigenvalue weighted by molar-refractivity contribution is 5.94. The predicted octanol–water partition coefficient (Wildman–Crippen LogP) is 2.97. The second kappa shape index (κ2) is 5.89. The van der Waals surface area contributed by atoms with E-state index < -0.39 is 0 Å². The molecule has 0 aromatic heterocycles. The van der Waals surface area contributed by atoms with Gasteiger partial charge in [0, 0.05) is 17.3 Å². The number of amides is 1. The van der Waals surface area contributed by atoms with Crippen LogP contribution in [0.4, 0.5) is 5.69 Å². The number of nitrogens with one attached hydrogen (secondary N) is 1. The molecule has 0 spiro atoms. The van der Waals surface area contributed by atoms with E-state index in [1.807, 2.05) is 0 Å². The average Bonchev–Trinajstić information content (AvgIpc) is 2.40. The Morgan fingerprint density at radius 1 is 1.22 bits per heavy atom. The Morgan fingerprint density at radius 3 is 2.44 bits per heavy atom. The van der Waals surface area contributed by atoms with Crippen LogP contribution in [-0.4, -0.2) is 11.9 Å². The molecule has 3 nitrogen and oxygen atoms in total. The van der Waals surface area contributed by atoms with Gasteiger partial charge in [0.05, 0.1) is 0 Å². The van der Waals surface area contributed by atoms with E-state index in [1.54, 1.807) is 24.3 Å². The highest BCUT2D eigenvalue weighted by Gasteiger charge is 2.21. The molecule has 1 fully saturated rings. The van der Waals surface area contributed by atoms with Crippen molar-refractivity contribution in [3.05, 3.63) is 29.8 Å². The fraction of sp³-hybridized carbons (Fsp3) is 0.533. The number of carbonyl (C=O) groups is 1. The molecule has 1 atom stereocenters. The number of hydrogen-bond donors (Lipinski definition) is 2. The minimum Gasteiger partial charge on any atom is -0.399 e. The van der Waals surface area contributed by atoms with Crippen LogP contribution in [0.5, 0.6) is 0 Å². The fourth-order valence-corrected chi connectivity index (χ4v) is 2.68. The minimum absolute atomic E-state index is 0.00748. The summed E-state index contributed by atoms with van der Waals surface area (Å²) in [6.45, 7) is 2.12. The van der Waals surface area contributed by atoms with Gasteiger partial charge in [0.25, 0.3) is 5.91 Å². The molecule has 2 rings (SSSR count). The van der Waals surface area contributed by atoms with E-state index in [4.69, 9.17) is 5.73 Å². The average molecular weight is 246 g/mol. The van der Waals surface area contributed by atoms with Crippen molar-refractivity contribution >= 4 is 11.6 Å². The van der Waals surface area contributed by atoms with Crippen LogP contribution in [0, 0.1) is 5.92 Å². The Balaban J connectivity index is 1.91. The van der Waals surface area contributed by atoms with E-state index in [9.17, 15) is 4.79 Å². The quantitative estimate of drug-likeness (QED) is 0.806. The van der Waals surface area contributed by atoms with Crippen molar-refractivity contribution in [2.24, 2.45) is 5.92 Å². The number of nitrogens with two attached hydrogens (primary N) is 1. The lowest BCUT2D eigenvalue weighted by molar-refractivity contribution is 0.0919.